The molecular weight excluding hydrogens is 235 g/mol. The summed E-state index contributed by atoms with van der Waals surface area (Å²) in [6, 6.07) is 4.82. The van der Waals surface area contributed by atoms with Gasteiger partial charge in [-0.1, -0.05) is 0 Å². The van der Waals surface area contributed by atoms with Crippen molar-refractivity contribution in [3.8, 4) is 0 Å². The summed E-state index contributed by atoms with van der Waals surface area (Å²) >= 11 is 0. The van der Waals surface area contributed by atoms with Gasteiger partial charge in [-0.15, -0.1) is 0 Å². The van der Waals surface area contributed by atoms with Crippen LogP contribution in [-0.4, -0.2) is 49.7 Å². The molecule has 1 aromatic rings. The van der Waals surface area contributed by atoms with Crippen molar-refractivity contribution in [2.75, 3.05) is 38.1 Å². The largest absolute Gasteiger partial charge is 0.367 e. The number of hydrogen-bond donors (Lipinski definition) is 2. The van der Waals surface area contributed by atoms with Gasteiger partial charge in [0.25, 0.3) is 0 Å². The summed E-state index contributed by atoms with van der Waals surface area (Å²) in [7, 11) is 2.06. The molecular formula is C12H17FN4O. The van der Waals surface area contributed by atoms with E-state index < -0.39 is 0 Å². The highest BCUT2D eigenvalue weighted by Crippen LogP contribution is 2.24. The maximum Gasteiger partial charge on any atom is 0.148 e. The van der Waals surface area contributed by atoms with Crippen molar-refractivity contribution >= 4 is 17.7 Å². The van der Waals surface area contributed by atoms with E-state index >= 15 is 0 Å². The molecule has 6 heteroatoms. The smallest absolute Gasteiger partial charge is 0.148 e. The number of piperazine rings is 1. The van der Waals surface area contributed by atoms with E-state index in [-0.39, 0.29) is 5.82 Å². The van der Waals surface area contributed by atoms with Crippen LogP contribution in [0.5, 0.6) is 0 Å². The second kappa shape index (κ2) is 5.79. The quantitative estimate of drug-likeness (QED) is 0.482. The molecule has 0 radical (unpaired) electrons. The monoisotopic (exact) mass is 252 g/mol. The van der Waals surface area contributed by atoms with Crippen LogP contribution in [-0.2, 0) is 0 Å². The molecule has 1 heterocycles. The molecule has 0 bridgehead atoms. The fourth-order valence-corrected chi connectivity index (χ4v) is 1.98. The number of halogens is 1. The summed E-state index contributed by atoms with van der Waals surface area (Å²) in [6.07, 6.45) is 1.10. The van der Waals surface area contributed by atoms with Gasteiger partial charge in [0.15, 0.2) is 0 Å². The van der Waals surface area contributed by atoms with Crippen molar-refractivity contribution in [3.63, 3.8) is 0 Å². The van der Waals surface area contributed by atoms with Gasteiger partial charge >= 0.3 is 0 Å². The molecule has 1 saturated heterocycles. The van der Waals surface area contributed by atoms with E-state index in [2.05, 4.69) is 16.9 Å². The van der Waals surface area contributed by atoms with Gasteiger partial charge in [-0.05, 0) is 19.2 Å². The lowest BCUT2D eigenvalue weighted by atomic mass is 10.2. The average molecular weight is 252 g/mol. The molecule has 0 saturated carbocycles. The first-order valence-electron chi connectivity index (χ1n) is 5.86. The predicted octanol–water partition coefficient (Wildman–Crippen LogP) is 1.22. The minimum atomic E-state index is -0.285. The van der Waals surface area contributed by atoms with E-state index in [9.17, 15) is 4.39 Å². The van der Waals surface area contributed by atoms with E-state index in [1.165, 1.54) is 6.07 Å². The Labute approximate surface area is 105 Å². The van der Waals surface area contributed by atoms with Crippen molar-refractivity contribution in [2.24, 2.45) is 4.99 Å². The van der Waals surface area contributed by atoms with Gasteiger partial charge in [-0.2, -0.15) is 0 Å². The minimum absolute atomic E-state index is 0.285. The Kier molecular flexibility index (Phi) is 4.11. The van der Waals surface area contributed by atoms with Crippen molar-refractivity contribution in [1.82, 2.24) is 10.4 Å². The minimum Gasteiger partial charge on any atom is -0.367 e. The summed E-state index contributed by atoms with van der Waals surface area (Å²) in [6.45, 7) is 3.53. The third kappa shape index (κ3) is 2.96. The van der Waals surface area contributed by atoms with E-state index in [0.717, 1.165) is 32.5 Å². The second-order valence-corrected chi connectivity index (χ2v) is 4.31. The standard InChI is InChI=1S/C12H17FN4O/c1-16-4-6-17(7-5-16)12-3-2-10(8-11(12)13)14-9-15-18/h2-3,8-9,18H,4-7H2,1H3,(H,14,15). The van der Waals surface area contributed by atoms with E-state index in [4.69, 9.17) is 5.21 Å². The summed E-state index contributed by atoms with van der Waals surface area (Å²) in [4.78, 5) is 8.09. The number of anilines is 1. The number of aliphatic imine (C=N–C) groups is 1. The molecule has 0 amide bonds. The number of hydroxylamine groups is 1. The van der Waals surface area contributed by atoms with Gasteiger partial charge in [0.05, 0.1) is 11.4 Å². The molecule has 2 rings (SSSR count). The third-order valence-corrected chi connectivity index (χ3v) is 3.05. The Morgan fingerprint density at radius 1 is 1.33 bits per heavy atom. The molecule has 1 aliphatic heterocycles. The lowest BCUT2D eigenvalue weighted by Crippen LogP contribution is -2.44. The van der Waals surface area contributed by atoms with Crippen LogP contribution in [0.2, 0.25) is 0 Å². The van der Waals surface area contributed by atoms with Gasteiger partial charge in [0.2, 0.25) is 0 Å². The predicted molar refractivity (Wildman–Crippen MR) is 69.2 cm³/mol. The molecule has 0 spiro atoms. The topological polar surface area (TPSA) is 51.1 Å². The van der Waals surface area contributed by atoms with Crippen molar-refractivity contribution < 1.29 is 9.60 Å². The maximum atomic E-state index is 13.9. The molecule has 0 atom stereocenters. The number of nitrogens with zero attached hydrogens (tertiary/aromatic N) is 3. The number of rotatable bonds is 3. The van der Waals surface area contributed by atoms with Crippen molar-refractivity contribution in [2.45, 2.75) is 0 Å². The summed E-state index contributed by atoms with van der Waals surface area (Å²) in [5.41, 5.74) is 2.86. The van der Waals surface area contributed by atoms with Gasteiger partial charge in [0.1, 0.15) is 12.2 Å². The van der Waals surface area contributed by atoms with E-state index in [1.54, 1.807) is 17.6 Å². The molecule has 1 aliphatic rings. The van der Waals surface area contributed by atoms with Crippen LogP contribution in [0.1, 0.15) is 0 Å². The molecule has 0 unspecified atom stereocenters. The third-order valence-electron chi connectivity index (χ3n) is 3.05. The zero-order valence-corrected chi connectivity index (χ0v) is 10.3. The fourth-order valence-electron chi connectivity index (χ4n) is 1.98. The van der Waals surface area contributed by atoms with Gasteiger partial charge in [-0.25, -0.2) is 9.38 Å². The summed E-state index contributed by atoms with van der Waals surface area (Å²) in [5, 5.41) is 8.37. The Bertz CT molecular complexity index is 430. The highest BCUT2D eigenvalue weighted by atomic mass is 19.1. The maximum absolute atomic E-state index is 13.9. The Morgan fingerprint density at radius 2 is 2.06 bits per heavy atom. The van der Waals surface area contributed by atoms with Crippen LogP contribution in [0.15, 0.2) is 23.2 Å². The number of hydrogen-bond acceptors (Lipinski definition) is 4. The number of benzene rings is 1. The fraction of sp³-hybridized carbons (Fsp3) is 0.417. The molecule has 1 aromatic carbocycles. The first-order valence-corrected chi connectivity index (χ1v) is 5.86. The Morgan fingerprint density at radius 3 is 2.67 bits per heavy atom. The summed E-state index contributed by atoms with van der Waals surface area (Å²) in [5.74, 6) is -0.285. The first kappa shape index (κ1) is 12.8. The average Bonchev–Trinajstić information content (AvgIpc) is 2.38. The van der Waals surface area contributed by atoms with Crippen LogP contribution in [0.3, 0.4) is 0 Å². The lowest BCUT2D eigenvalue weighted by molar-refractivity contribution is 0.240. The van der Waals surface area contributed by atoms with Crippen LogP contribution in [0.25, 0.3) is 0 Å². The Hall–Kier alpha value is -1.66. The molecule has 0 aliphatic carbocycles. The lowest BCUT2D eigenvalue weighted by Gasteiger charge is -2.34. The summed E-state index contributed by atoms with van der Waals surface area (Å²) < 4.78 is 13.9. The normalized spacial score (nSPS) is 17.4. The molecule has 98 valence electrons. The van der Waals surface area contributed by atoms with Crippen molar-refractivity contribution in [1.29, 1.82) is 0 Å². The highest BCUT2D eigenvalue weighted by molar-refractivity contribution is 5.62. The van der Waals surface area contributed by atoms with E-state index in [1.807, 2.05) is 4.90 Å². The van der Waals surface area contributed by atoms with Crippen LogP contribution in [0, 0.1) is 5.82 Å². The molecule has 18 heavy (non-hydrogen) atoms. The Balaban J connectivity index is 2.12. The van der Waals surface area contributed by atoms with Gasteiger partial charge < -0.3 is 9.80 Å². The van der Waals surface area contributed by atoms with Crippen LogP contribution < -0.4 is 10.4 Å². The zero-order valence-electron chi connectivity index (χ0n) is 10.3. The molecule has 5 nitrogen and oxygen atoms in total. The number of nitrogens with one attached hydrogen (secondary N) is 1. The van der Waals surface area contributed by atoms with Crippen molar-refractivity contribution in [3.05, 3.63) is 24.0 Å². The number of likely N-dealkylation sites (N-methyl/N-ethyl adjacent to an activating group) is 1. The molecule has 2 N–H and O–H groups in total. The highest BCUT2D eigenvalue weighted by Gasteiger charge is 2.17. The van der Waals surface area contributed by atoms with Gasteiger partial charge in [-0.3, -0.25) is 10.7 Å². The first-order chi connectivity index (χ1) is 8.70. The zero-order chi connectivity index (χ0) is 13.0. The van der Waals surface area contributed by atoms with E-state index in [0.29, 0.717) is 11.4 Å². The van der Waals surface area contributed by atoms with Crippen LogP contribution in [0.4, 0.5) is 15.8 Å². The van der Waals surface area contributed by atoms with Gasteiger partial charge in [0, 0.05) is 32.2 Å². The SMILES string of the molecule is CN1CCN(c2ccc(N=CNO)cc2F)CC1. The van der Waals surface area contributed by atoms with Crippen LogP contribution >= 0.6 is 0 Å². The molecule has 0 aromatic heterocycles. The molecule has 1 fully saturated rings. The second-order valence-electron chi connectivity index (χ2n) is 4.31.